The minimum atomic E-state index is 0. The van der Waals surface area contributed by atoms with Crippen molar-refractivity contribution in [3.8, 4) is 0 Å². The van der Waals surface area contributed by atoms with Gasteiger partial charge in [0.25, 0.3) is 0 Å². The van der Waals surface area contributed by atoms with Gasteiger partial charge in [-0.25, -0.2) is 0 Å². The van der Waals surface area contributed by atoms with Crippen molar-refractivity contribution in [1.82, 2.24) is 5.32 Å². The molecule has 0 rings (SSSR count). The minimum Gasteiger partial charge on any atom is -0.381 e. The first kappa shape index (κ1) is 18.1. The molecule has 0 fully saturated rings. The van der Waals surface area contributed by atoms with Gasteiger partial charge in [-0.3, -0.25) is 4.79 Å². The second kappa shape index (κ2) is 12.7. The zero-order chi connectivity index (χ0) is 11.5. The van der Waals surface area contributed by atoms with E-state index in [0.29, 0.717) is 25.4 Å². The number of halogens is 1. The molecular weight excluding hydrogens is 228 g/mol. The summed E-state index contributed by atoms with van der Waals surface area (Å²) in [4.78, 5) is 11.1. The van der Waals surface area contributed by atoms with Crippen molar-refractivity contribution in [2.75, 3.05) is 26.3 Å². The van der Waals surface area contributed by atoms with E-state index in [2.05, 4.69) is 19.2 Å². The largest absolute Gasteiger partial charge is 0.381 e. The van der Waals surface area contributed by atoms with Crippen LogP contribution in [0.3, 0.4) is 0 Å². The number of hydrogen-bond acceptors (Lipinski definition) is 3. The molecule has 3 N–H and O–H groups in total. The van der Waals surface area contributed by atoms with Crippen LogP contribution in [0.2, 0.25) is 0 Å². The molecule has 0 aliphatic heterocycles. The first-order valence-corrected chi connectivity index (χ1v) is 5.71. The maximum atomic E-state index is 11.1. The summed E-state index contributed by atoms with van der Waals surface area (Å²) in [5, 5.41) is 2.83. The summed E-state index contributed by atoms with van der Waals surface area (Å²) in [6, 6.07) is 0. The summed E-state index contributed by atoms with van der Waals surface area (Å²) in [5.74, 6) is 0.661. The van der Waals surface area contributed by atoms with Crippen LogP contribution in [0.1, 0.15) is 33.1 Å². The fourth-order valence-electron chi connectivity index (χ4n) is 1.07. The molecule has 0 saturated carbocycles. The predicted octanol–water partition coefficient (Wildman–Crippen LogP) is 1.33. The highest BCUT2D eigenvalue weighted by atomic mass is 35.5. The first-order chi connectivity index (χ1) is 7.16. The van der Waals surface area contributed by atoms with Crippen molar-refractivity contribution in [2.45, 2.75) is 33.1 Å². The summed E-state index contributed by atoms with van der Waals surface area (Å²) in [6.45, 7) is 7.02. The van der Waals surface area contributed by atoms with Crippen molar-refractivity contribution in [1.29, 1.82) is 0 Å². The number of nitrogens with one attached hydrogen (secondary N) is 1. The zero-order valence-electron chi connectivity index (χ0n) is 10.3. The minimum absolute atomic E-state index is 0. The number of amides is 1. The van der Waals surface area contributed by atoms with Gasteiger partial charge in [0, 0.05) is 26.2 Å². The Labute approximate surface area is 105 Å². The Morgan fingerprint density at radius 1 is 1.38 bits per heavy atom. The Morgan fingerprint density at radius 3 is 2.62 bits per heavy atom. The molecule has 0 aromatic carbocycles. The molecule has 0 heterocycles. The van der Waals surface area contributed by atoms with Gasteiger partial charge in [-0.15, -0.1) is 12.4 Å². The average molecular weight is 253 g/mol. The predicted molar refractivity (Wildman–Crippen MR) is 68.8 cm³/mol. The van der Waals surface area contributed by atoms with E-state index >= 15 is 0 Å². The molecule has 0 aromatic rings. The topological polar surface area (TPSA) is 64.3 Å². The number of carbonyl (C=O) groups excluding carboxylic acids is 1. The summed E-state index contributed by atoms with van der Waals surface area (Å²) >= 11 is 0. The van der Waals surface area contributed by atoms with Crippen molar-refractivity contribution < 1.29 is 9.53 Å². The van der Waals surface area contributed by atoms with E-state index in [1.54, 1.807) is 0 Å². The SMILES string of the molecule is CC(C)COCCCNC(=O)CCCN.Cl. The average Bonchev–Trinajstić information content (AvgIpc) is 2.19. The Morgan fingerprint density at radius 2 is 2.06 bits per heavy atom. The molecule has 5 heteroatoms. The summed E-state index contributed by atoms with van der Waals surface area (Å²) < 4.78 is 5.39. The van der Waals surface area contributed by atoms with Crippen LogP contribution in [0.4, 0.5) is 0 Å². The highest BCUT2D eigenvalue weighted by molar-refractivity contribution is 5.85. The molecule has 98 valence electrons. The van der Waals surface area contributed by atoms with E-state index in [-0.39, 0.29) is 18.3 Å². The fourth-order valence-corrected chi connectivity index (χ4v) is 1.07. The molecule has 0 saturated heterocycles. The van der Waals surface area contributed by atoms with Crippen LogP contribution in [-0.2, 0) is 9.53 Å². The van der Waals surface area contributed by atoms with E-state index in [9.17, 15) is 4.79 Å². The smallest absolute Gasteiger partial charge is 0.220 e. The van der Waals surface area contributed by atoms with E-state index in [0.717, 1.165) is 26.1 Å². The molecule has 0 radical (unpaired) electrons. The van der Waals surface area contributed by atoms with Crippen molar-refractivity contribution >= 4 is 18.3 Å². The molecule has 0 bridgehead atoms. The normalized spacial score (nSPS) is 10.0. The van der Waals surface area contributed by atoms with Gasteiger partial charge in [-0.1, -0.05) is 13.8 Å². The van der Waals surface area contributed by atoms with Gasteiger partial charge in [-0.2, -0.15) is 0 Å². The van der Waals surface area contributed by atoms with Crippen LogP contribution in [-0.4, -0.2) is 32.2 Å². The van der Waals surface area contributed by atoms with Crippen LogP contribution in [0.15, 0.2) is 0 Å². The van der Waals surface area contributed by atoms with Crippen LogP contribution in [0.5, 0.6) is 0 Å². The maximum Gasteiger partial charge on any atom is 0.220 e. The van der Waals surface area contributed by atoms with Crippen molar-refractivity contribution in [2.24, 2.45) is 11.7 Å². The maximum absolute atomic E-state index is 11.1. The third kappa shape index (κ3) is 13.7. The Kier molecular flexibility index (Phi) is 14.4. The molecule has 0 unspecified atom stereocenters. The molecule has 16 heavy (non-hydrogen) atoms. The standard InChI is InChI=1S/C11H24N2O2.ClH/c1-10(2)9-15-8-4-7-13-11(14)5-3-6-12;/h10H,3-9,12H2,1-2H3,(H,13,14);1H. The lowest BCUT2D eigenvalue weighted by Gasteiger charge is -2.07. The van der Waals surface area contributed by atoms with Gasteiger partial charge in [-0.05, 0) is 25.3 Å². The van der Waals surface area contributed by atoms with Crippen LogP contribution >= 0.6 is 12.4 Å². The molecule has 0 aromatic heterocycles. The molecule has 0 aliphatic carbocycles. The molecule has 0 aliphatic rings. The third-order valence-corrected chi connectivity index (χ3v) is 1.85. The lowest BCUT2D eigenvalue weighted by Crippen LogP contribution is -2.25. The molecule has 4 nitrogen and oxygen atoms in total. The van der Waals surface area contributed by atoms with Crippen LogP contribution in [0.25, 0.3) is 0 Å². The second-order valence-corrected chi connectivity index (χ2v) is 4.06. The monoisotopic (exact) mass is 252 g/mol. The van der Waals surface area contributed by atoms with E-state index in [1.807, 2.05) is 0 Å². The third-order valence-electron chi connectivity index (χ3n) is 1.85. The quantitative estimate of drug-likeness (QED) is 0.609. The van der Waals surface area contributed by atoms with Gasteiger partial charge in [0.2, 0.25) is 5.91 Å². The van der Waals surface area contributed by atoms with E-state index < -0.39 is 0 Å². The van der Waals surface area contributed by atoms with Gasteiger partial charge < -0.3 is 15.8 Å². The van der Waals surface area contributed by atoms with E-state index in [1.165, 1.54) is 0 Å². The lowest BCUT2D eigenvalue weighted by molar-refractivity contribution is -0.121. The number of hydrogen-bond donors (Lipinski definition) is 2. The lowest BCUT2D eigenvalue weighted by atomic mass is 10.2. The van der Waals surface area contributed by atoms with Gasteiger partial charge >= 0.3 is 0 Å². The van der Waals surface area contributed by atoms with E-state index in [4.69, 9.17) is 10.5 Å². The molecular formula is C11H25ClN2O2. The number of carbonyl (C=O) groups is 1. The van der Waals surface area contributed by atoms with Gasteiger partial charge in [0.05, 0.1) is 0 Å². The summed E-state index contributed by atoms with van der Waals surface area (Å²) in [5.41, 5.74) is 5.30. The number of ether oxygens (including phenoxy) is 1. The summed E-state index contributed by atoms with van der Waals surface area (Å²) in [6.07, 6.45) is 2.17. The van der Waals surface area contributed by atoms with Crippen molar-refractivity contribution in [3.05, 3.63) is 0 Å². The number of nitrogens with two attached hydrogens (primary N) is 1. The highest BCUT2D eigenvalue weighted by Gasteiger charge is 1.99. The zero-order valence-corrected chi connectivity index (χ0v) is 11.1. The molecule has 0 spiro atoms. The summed E-state index contributed by atoms with van der Waals surface area (Å²) in [7, 11) is 0. The first-order valence-electron chi connectivity index (χ1n) is 5.71. The molecule has 0 atom stereocenters. The Hall–Kier alpha value is -0.320. The molecule has 1 amide bonds. The Balaban J connectivity index is 0. The van der Waals surface area contributed by atoms with Crippen LogP contribution in [0, 0.1) is 5.92 Å². The van der Waals surface area contributed by atoms with Crippen molar-refractivity contribution in [3.63, 3.8) is 0 Å². The number of rotatable bonds is 9. The van der Waals surface area contributed by atoms with Gasteiger partial charge in [0.15, 0.2) is 0 Å². The Bertz CT molecular complexity index is 166. The second-order valence-electron chi connectivity index (χ2n) is 4.06. The fraction of sp³-hybridized carbons (Fsp3) is 0.909. The van der Waals surface area contributed by atoms with Gasteiger partial charge in [0.1, 0.15) is 0 Å². The highest BCUT2D eigenvalue weighted by Crippen LogP contribution is 1.93. The van der Waals surface area contributed by atoms with Crippen LogP contribution < -0.4 is 11.1 Å².